The standard InChI is InChI=1S/C32H43N5O7/c1-18-9-10-32(42)24-15-21-7-8-23(27-26(21)31(32,28(18)44-27)11-14-37(24,4)17-20-5-6-20)43-30(41)36(3)13-12-34-29(40)22(16-25(33)39)35-19(2)38/h7-8,20,22,24,28,42H,1,5-6,9-17H2,2-4H3,(H3-,33,34,35,38,39,40)/p+1/t22-,24-,28-,31-,32+,37?/m0/s1. The zero-order chi connectivity index (χ0) is 31.6. The molecule has 3 fully saturated rings. The van der Waals surface area contributed by atoms with Gasteiger partial charge < -0.3 is 40.3 Å². The maximum atomic E-state index is 13.2. The lowest BCUT2D eigenvalue weighted by atomic mass is 9.48. The maximum Gasteiger partial charge on any atom is 0.415 e. The summed E-state index contributed by atoms with van der Waals surface area (Å²) in [5.41, 5.74) is 6.72. The van der Waals surface area contributed by atoms with Crippen LogP contribution in [-0.4, -0.2) is 102 Å². The van der Waals surface area contributed by atoms with Gasteiger partial charge in [-0.3, -0.25) is 14.4 Å². The van der Waals surface area contributed by atoms with Gasteiger partial charge in [0.2, 0.25) is 17.7 Å². The number of quaternary nitrogens is 1. The van der Waals surface area contributed by atoms with Crippen molar-refractivity contribution in [1.29, 1.82) is 0 Å². The minimum absolute atomic E-state index is 0.0597. The van der Waals surface area contributed by atoms with E-state index in [4.69, 9.17) is 15.2 Å². The molecule has 2 saturated carbocycles. The number of hydrogen-bond donors (Lipinski definition) is 4. The minimum Gasteiger partial charge on any atom is -0.481 e. The van der Waals surface area contributed by atoms with Crippen molar-refractivity contribution in [2.75, 3.05) is 40.3 Å². The molecule has 1 unspecified atom stereocenters. The first-order valence-corrected chi connectivity index (χ1v) is 15.6. The van der Waals surface area contributed by atoms with Crippen molar-refractivity contribution >= 4 is 23.8 Å². The third-order valence-electron chi connectivity index (χ3n) is 10.8. The fourth-order valence-corrected chi connectivity index (χ4v) is 8.53. The first-order chi connectivity index (χ1) is 20.8. The van der Waals surface area contributed by atoms with Crippen LogP contribution in [0, 0.1) is 5.92 Å². The van der Waals surface area contributed by atoms with Gasteiger partial charge in [-0.15, -0.1) is 0 Å². The lowest BCUT2D eigenvalue weighted by Crippen LogP contribution is -2.80. The normalized spacial score (nSPS) is 31.7. The summed E-state index contributed by atoms with van der Waals surface area (Å²) in [4.78, 5) is 49.7. The molecule has 1 saturated heterocycles. The first kappa shape index (κ1) is 30.4. The number of rotatable bonds is 10. The highest BCUT2D eigenvalue weighted by Gasteiger charge is 2.75. The number of nitrogens with two attached hydrogens (primary N) is 1. The number of amides is 4. The highest BCUT2D eigenvalue weighted by atomic mass is 16.6. The average Bonchev–Trinajstić information content (AvgIpc) is 3.68. The van der Waals surface area contributed by atoms with Crippen LogP contribution in [-0.2, 0) is 26.2 Å². The number of carbonyl (C=O) groups excluding carboxylic acids is 4. The number of likely N-dealkylation sites (N-methyl/N-ethyl adjacent to an activating group) is 2. The van der Waals surface area contributed by atoms with Crippen molar-refractivity contribution in [3.63, 3.8) is 0 Å². The average molecular weight is 611 g/mol. The van der Waals surface area contributed by atoms with E-state index in [1.165, 1.54) is 24.7 Å². The molecular weight excluding hydrogens is 566 g/mol. The van der Waals surface area contributed by atoms with E-state index < -0.39 is 40.9 Å². The summed E-state index contributed by atoms with van der Waals surface area (Å²) in [5.74, 6) is -0.213. The molecule has 1 aromatic carbocycles. The van der Waals surface area contributed by atoms with Gasteiger partial charge in [0.1, 0.15) is 23.8 Å². The van der Waals surface area contributed by atoms with Crippen LogP contribution >= 0.6 is 0 Å². The number of hydrogen-bond acceptors (Lipinski definition) is 7. The first-order valence-electron chi connectivity index (χ1n) is 15.6. The molecule has 1 aromatic rings. The summed E-state index contributed by atoms with van der Waals surface area (Å²) in [6, 6.07) is 2.77. The van der Waals surface area contributed by atoms with Crippen LogP contribution in [0.3, 0.4) is 0 Å². The maximum absolute atomic E-state index is 13.2. The smallest absolute Gasteiger partial charge is 0.415 e. The van der Waals surface area contributed by atoms with Gasteiger partial charge in [0.15, 0.2) is 11.5 Å². The molecule has 3 aliphatic carbocycles. The minimum atomic E-state index is -1.10. The molecule has 4 amide bonds. The Morgan fingerprint density at radius 3 is 2.70 bits per heavy atom. The second-order valence-corrected chi connectivity index (χ2v) is 13.8. The number of nitrogens with zero attached hydrogens (tertiary/aromatic N) is 2. The van der Waals surface area contributed by atoms with Crippen molar-refractivity contribution in [2.45, 2.75) is 81.1 Å². The molecule has 6 atom stereocenters. The molecule has 12 heteroatoms. The Morgan fingerprint density at radius 2 is 2.02 bits per heavy atom. The molecule has 0 radical (unpaired) electrons. The van der Waals surface area contributed by atoms with Crippen LogP contribution in [0.1, 0.15) is 56.6 Å². The monoisotopic (exact) mass is 610 g/mol. The van der Waals surface area contributed by atoms with Gasteiger partial charge in [-0.05, 0) is 42.9 Å². The van der Waals surface area contributed by atoms with Gasteiger partial charge in [-0.25, -0.2) is 4.79 Å². The Hall–Kier alpha value is -3.64. The van der Waals surface area contributed by atoms with Gasteiger partial charge in [0.05, 0.1) is 32.0 Å². The zero-order valence-electron chi connectivity index (χ0n) is 25.8. The predicted molar refractivity (Wildman–Crippen MR) is 160 cm³/mol. The number of aliphatic hydroxyl groups is 1. The fourth-order valence-electron chi connectivity index (χ4n) is 8.53. The van der Waals surface area contributed by atoms with E-state index in [-0.39, 0.29) is 31.7 Å². The summed E-state index contributed by atoms with van der Waals surface area (Å²) >= 11 is 0. The Bertz CT molecular complexity index is 1410. The topological polar surface area (TPSA) is 160 Å². The van der Waals surface area contributed by atoms with Gasteiger partial charge >= 0.3 is 6.09 Å². The van der Waals surface area contributed by atoms with Crippen molar-refractivity contribution in [3.05, 3.63) is 35.4 Å². The molecule has 0 aromatic heterocycles. The van der Waals surface area contributed by atoms with Crippen molar-refractivity contribution < 1.29 is 38.2 Å². The molecule has 12 nitrogen and oxygen atoms in total. The molecule has 5 N–H and O–H groups in total. The molecule has 2 heterocycles. The Morgan fingerprint density at radius 1 is 1.27 bits per heavy atom. The molecule has 1 spiro atoms. The number of carbonyl (C=O) groups is 4. The number of nitrogens with one attached hydrogen (secondary N) is 2. The second kappa shape index (κ2) is 10.8. The second-order valence-electron chi connectivity index (χ2n) is 13.8. The zero-order valence-corrected chi connectivity index (χ0v) is 25.8. The summed E-state index contributed by atoms with van der Waals surface area (Å²) in [5, 5.41) is 17.7. The van der Waals surface area contributed by atoms with Crippen molar-refractivity contribution in [1.82, 2.24) is 15.5 Å². The van der Waals surface area contributed by atoms with Crippen LogP contribution < -0.4 is 25.8 Å². The molecular formula is C32H44N5O7+. The Labute approximate surface area is 257 Å². The summed E-state index contributed by atoms with van der Waals surface area (Å²) in [6.45, 7) is 7.83. The van der Waals surface area contributed by atoms with Crippen LogP contribution in [0.4, 0.5) is 4.79 Å². The van der Waals surface area contributed by atoms with E-state index >= 15 is 0 Å². The summed E-state index contributed by atoms with van der Waals surface area (Å²) < 4.78 is 13.4. The van der Waals surface area contributed by atoms with Gasteiger partial charge in [0.25, 0.3) is 0 Å². The van der Waals surface area contributed by atoms with Gasteiger partial charge in [-0.2, -0.15) is 0 Å². The Balaban J connectivity index is 1.19. The Kier molecular flexibility index (Phi) is 7.43. The number of benzene rings is 1. The van der Waals surface area contributed by atoms with E-state index in [9.17, 15) is 24.3 Å². The molecule has 5 aliphatic rings. The number of ether oxygens (including phenoxy) is 2. The highest BCUT2D eigenvalue weighted by Crippen LogP contribution is 2.67. The molecule has 6 rings (SSSR count). The lowest BCUT2D eigenvalue weighted by molar-refractivity contribution is -0.950. The number of piperidine rings is 1. The SMILES string of the molecule is C=C1CC[C@@]2(O)[C@@H]3Cc4ccc(OC(=O)N(C)CCNC(=O)[C@H](CC(N)=O)NC(C)=O)c5c4[C@@]2(CC[N+]3(C)CC2CC2)[C@H]1O5. The largest absolute Gasteiger partial charge is 0.481 e. The van der Waals surface area contributed by atoms with Crippen LogP contribution in [0.2, 0.25) is 0 Å². The van der Waals surface area contributed by atoms with Gasteiger partial charge in [0, 0.05) is 51.4 Å². The fraction of sp³-hybridized carbons (Fsp3) is 0.625. The van der Waals surface area contributed by atoms with Crippen LogP contribution in [0.15, 0.2) is 24.3 Å². The number of likely N-dealkylation sites (tertiary alicyclic amines) is 1. The van der Waals surface area contributed by atoms with E-state index in [1.54, 1.807) is 13.1 Å². The predicted octanol–water partition coefficient (Wildman–Crippen LogP) is 0.878. The molecule has 2 bridgehead atoms. The number of primary amides is 1. The van der Waals surface area contributed by atoms with Gasteiger partial charge in [-0.1, -0.05) is 12.6 Å². The van der Waals surface area contributed by atoms with E-state index in [0.29, 0.717) is 24.3 Å². The van der Waals surface area contributed by atoms with Crippen molar-refractivity contribution in [2.24, 2.45) is 11.7 Å². The third-order valence-corrected chi connectivity index (χ3v) is 10.8. The van der Waals surface area contributed by atoms with E-state index in [2.05, 4.69) is 24.3 Å². The van der Waals surface area contributed by atoms with E-state index in [0.717, 1.165) is 53.0 Å². The lowest BCUT2D eigenvalue weighted by Gasteiger charge is -2.65. The van der Waals surface area contributed by atoms with Crippen molar-refractivity contribution in [3.8, 4) is 11.5 Å². The summed E-state index contributed by atoms with van der Waals surface area (Å²) in [6.07, 6.45) is 4.06. The molecule has 44 heavy (non-hydrogen) atoms. The third kappa shape index (κ3) is 4.82. The van der Waals surface area contributed by atoms with E-state index in [1.807, 2.05) is 6.07 Å². The van der Waals surface area contributed by atoms with Crippen LogP contribution in [0.25, 0.3) is 0 Å². The summed E-state index contributed by atoms with van der Waals surface area (Å²) in [7, 11) is 3.87. The van der Waals surface area contributed by atoms with Crippen LogP contribution in [0.5, 0.6) is 11.5 Å². The highest BCUT2D eigenvalue weighted by molar-refractivity contribution is 5.91. The quantitative estimate of drug-likeness (QED) is 0.226. The molecule has 2 aliphatic heterocycles. The molecule has 238 valence electrons.